The van der Waals surface area contributed by atoms with Crippen LogP contribution in [0.25, 0.3) is 0 Å². The van der Waals surface area contributed by atoms with Crippen molar-refractivity contribution in [1.29, 1.82) is 0 Å². The summed E-state index contributed by atoms with van der Waals surface area (Å²) in [7, 11) is 1.60. The molecule has 0 saturated carbocycles. The summed E-state index contributed by atoms with van der Waals surface area (Å²) in [5.41, 5.74) is 6.19. The van der Waals surface area contributed by atoms with Gasteiger partial charge in [0.2, 0.25) is 0 Å². The molecule has 0 aliphatic carbocycles. The minimum atomic E-state index is -1.90. The second-order valence-corrected chi connectivity index (χ2v) is 8.83. The highest BCUT2D eigenvalue weighted by atomic mass is 28.4. The smallest absolute Gasteiger partial charge is 0.334 e. The minimum absolute atomic E-state index is 0.273. The Labute approximate surface area is 112 Å². The first-order valence-corrected chi connectivity index (χ1v) is 9.41. The van der Waals surface area contributed by atoms with Gasteiger partial charge in [-0.15, -0.1) is 0 Å². The molecule has 0 amide bonds. The Balaban J connectivity index is 2.14. The fourth-order valence-corrected chi connectivity index (χ4v) is 3.71. The molecule has 1 heterocycles. The molecule has 0 aromatic carbocycles. The van der Waals surface area contributed by atoms with Crippen molar-refractivity contribution < 1.29 is 8.85 Å². The molecule has 1 unspecified atom stereocenters. The van der Waals surface area contributed by atoms with Crippen LogP contribution in [0.3, 0.4) is 0 Å². The molecule has 6 heteroatoms. The zero-order valence-corrected chi connectivity index (χ0v) is 13.1. The van der Waals surface area contributed by atoms with Gasteiger partial charge in [-0.05, 0) is 25.4 Å². The van der Waals surface area contributed by atoms with Crippen molar-refractivity contribution in [3.63, 3.8) is 0 Å². The van der Waals surface area contributed by atoms with Crippen molar-refractivity contribution in [1.82, 2.24) is 10.2 Å². The summed E-state index contributed by atoms with van der Waals surface area (Å²) in [5, 5.41) is 3.36. The van der Waals surface area contributed by atoms with Gasteiger partial charge in [-0.25, -0.2) is 0 Å². The molecule has 18 heavy (non-hydrogen) atoms. The summed E-state index contributed by atoms with van der Waals surface area (Å²) in [4.78, 5) is 2.45. The van der Waals surface area contributed by atoms with Crippen molar-refractivity contribution in [3.05, 3.63) is 0 Å². The van der Waals surface area contributed by atoms with Crippen LogP contribution in [0.4, 0.5) is 0 Å². The van der Waals surface area contributed by atoms with Crippen LogP contribution in [0, 0.1) is 0 Å². The van der Waals surface area contributed by atoms with E-state index in [9.17, 15) is 0 Å². The Morgan fingerprint density at radius 2 is 1.89 bits per heavy atom. The SMILES string of the molecule is CO[Si](C)(CCCC(N)CN1CCNCC1)OC. The second-order valence-electron chi connectivity index (χ2n) is 5.24. The van der Waals surface area contributed by atoms with E-state index in [4.69, 9.17) is 14.6 Å². The maximum atomic E-state index is 6.19. The van der Waals surface area contributed by atoms with Crippen LogP contribution in [-0.2, 0) is 8.85 Å². The maximum Gasteiger partial charge on any atom is 0.334 e. The molecule has 3 N–H and O–H groups in total. The first kappa shape index (κ1) is 16.1. The lowest BCUT2D eigenvalue weighted by molar-refractivity contribution is 0.222. The summed E-state index contributed by atoms with van der Waals surface area (Å²) in [5.74, 6) is 0. The molecular weight excluding hydrogens is 246 g/mol. The Kier molecular flexibility index (Phi) is 7.36. The van der Waals surface area contributed by atoms with Crippen LogP contribution in [-0.4, -0.2) is 66.4 Å². The monoisotopic (exact) mass is 275 g/mol. The predicted octanol–water partition coefficient (Wildman–Crippen LogP) is 0.364. The molecule has 0 radical (unpaired) electrons. The fourth-order valence-electron chi connectivity index (χ4n) is 2.29. The number of rotatable bonds is 8. The van der Waals surface area contributed by atoms with Crippen LogP contribution in [0.5, 0.6) is 0 Å². The van der Waals surface area contributed by atoms with Crippen LogP contribution in [0.1, 0.15) is 12.8 Å². The number of nitrogens with one attached hydrogen (secondary N) is 1. The van der Waals surface area contributed by atoms with Crippen molar-refractivity contribution in [2.45, 2.75) is 31.5 Å². The predicted molar refractivity (Wildman–Crippen MR) is 77.0 cm³/mol. The lowest BCUT2D eigenvalue weighted by Crippen LogP contribution is -2.48. The van der Waals surface area contributed by atoms with Gasteiger partial charge in [-0.2, -0.15) is 0 Å². The van der Waals surface area contributed by atoms with E-state index >= 15 is 0 Å². The first-order valence-electron chi connectivity index (χ1n) is 6.88. The molecule has 1 fully saturated rings. The first-order chi connectivity index (χ1) is 8.59. The summed E-state index contributed by atoms with van der Waals surface area (Å²) < 4.78 is 11.0. The molecule has 1 aliphatic rings. The van der Waals surface area contributed by atoms with E-state index in [1.54, 1.807) is 14.2 Å². The van der Waals surface area contributed by atoms with E-state index in [0.29, 0.717) is 0 Å². The Bertz CT molecular complexity index is 221. The van der Waals surface area contributed by atoms with Gasteiger partial charge in [0.05, 0.1) is 0 Å². The van der Waals surface area contributed by atoms with E-state index < -0.39 is 8.56 Å². The molecule has 1 saturated heterocycles. The van der Waals surface area contributed by atoms with Crippen molar-refractivity contribution in [2.24, 2.45) is 5.73 Å². The van der Waals surface area contributed by atoms with Gasteiger partial charge in [0.1, 0.15) is 0 Å². The topological polar surface area (TPSA) is 59.8 Å². The summed E-state index contributed by atoms with van der Waals surface area (Å²) >= 11 is 0. The summed E-state index contributed by atoms with van der Waals surface area (Å²) in [6, 6.07) is 1.30. The van der Waals surface area contributed by atoms with E-state index in [1.165, 1.54) is 0 Å². The quantitative estimate of drug-likeness (QED) is 0.627. The van der Waals surface area contributed by atoms with Gasteiger partial charge in [0.15, 0.2) is 0 Å². The van der Waals surface area contributed by atoms with E-state index in [1.807, 2.05) is 0 Å². The zero-order valence-electron chi connectivity index (χ0n) is 12.1. The van der Waals surface area contributed by atoms with Gasteiger partial charge in [-0.3, -0.25) is 4.90 Å². The van der Waals surface area contributed by atoms with Crippen LogP contribution in [0.15, 0.2) is 0 Å². The third kappa shape index (κ3) is 5.77. The summed E-state index contributed by atoms with van der Waals surface area (Å²) in [6.45, 7) is 7.54. The number of hydrogen-bond donors (Lipinski definition) is 2. The average Bonchev–Trinajstić information content (AvgIpc) is 2.39. The lowest BCUT2D eigenvalue weighted by atomic mass is 10.1. The normalized spacial score (nSPS) is 20.0. The number of hydrogen-bond acceptors (Lipinski definition) is 5. The van der Waals surface area contributed by atoms with Gasteiger partial charge in [0.25, 0.3) is 0 Å². The standard InChI is InChI=1S/C12H29N3O2Si/c1-16-18(3,17-2)10-4-5-12(13)11-15-8-6-14-7-9-15/h12,14H,4-11,13H2,1-3H3. The third-order valence-corrected chi connectivity index (χ3v) is 6.76. The Morgan fingerprint density at radius 1 is 1.28 bits per heavy atom. The van der Waals surface area contributed by atoms with Crippen molar-refractivity contribution >= 4 is 8.56 Å². The van der Waals surface area contributed by atoms with Gasteiger partial charge in [0, 0.05) is 53.0 Å². The van der Waals surface area contributed by atoms with Crippen LogP contribution >= 0.6 is 0 Å². The molecule has 0 spiro atoms. The largest absolute Gasteiger partial charge is 0.398 e. The van der Waals surface area contributed by atoms with Crippen LogP contribution < -0.4 is 11.1 Å². The minimum Gasteiger partial charge on any atom is -0.398 e. The molecule has 0 bridgehead atoms. The highest BCUT2D eigenvalue weighted by Crippen LogP contribution is 2.16. The molecule has 1 aliphatic heterocycles. The molecule has 1 atom stereocenters. The number of nitrogens with zero attached hydrogens (tertiary/aromatic N) is 1. The van der Waals surface area contributed by atoms with E-state index in [-0.39, 0.29) is 6.04 Å². The molecule has 0 aromatic rings. The average molecular weight is 275 g/mol. The summed E-state index contributed by atoms with van der Waals surface area (Å²) in [6.07, 6.45) is 2.15. The molecular formula is C12H29N3O2Si. The van der Waals surface area contributed by atoms with Crippen molar-refractivity contribution in [2.75, 3.05) is 46.9 Å². The second kappa shape index (κ2) is 8.24. The van der Waals surface area contributed by atoms with E-state index in [2.05, 4.69) is 16.8 Å². The van der Waals surface area contributed by atoms with Gasteiger partial charge >= 0.3 is 8.56 Å². The Morgan fingerprint density at radius 3 is 2.44 bits per heavy atom. The zero-order chi connectivity index (χ0) is 13.4. The number of piperazine rings is 1. The molecule has 5 nitrogen and oxygen atoms in total. The molecule has 1 rings (SSSR count). The van der Waals surface area contributed by atoms with Gasteiger partial charge < -0.3 is 19.9 Å². The maximum absolute atomic E-state index is 6.19. The lowest BCUT2D eigenvalue weighted by Gasteiger charge is -2.30. The van der Waals surface area contributed by atoms with Crippen LogP contribution in [0.2, 0.25) is 12.6 Å². The molecule has 108 valence electrons. The van der Waals surface area contributed by atoms with Crippen molar-refractivity contribution in [3.8, 4) is 0 Å². The highest BCUT2D eigenvalue weighted by Gasteiger charge is 2.28. The molecule has 0 aromatic heterocycles. The number of nitrogens with two attached hydrogens (primary N) is 1. The highest BCUT2D eigenvalue weighted by molar-refractivity contribution is 6.65. The fraction of sp³-hybridized carbons (Fsp3) is 1.00. The van der Waals surface area contributed by atoms with E-state index in [0.717, 1.165) is 51.6 Å². The van der Waals surface area contributed by atoms with Gasteiger partial charge in [-0.1, -0.05) is 0 Å². The third-order valence-electron chi connectivity index (χ3n) is 3.77. The Hall–Kier alpha value is 0.0169.